The van der Waals surface area contributed by atoms with Gasteiger partial charge < -0.3 is 0 Å². The minimum atomic E-state index is -3.54. The van der Waals surface area contributed by atoms with Crippen LogP contribution in [0.1, 0.15) is 11.1 Å². The summed E-state index contributed by atoms with van der Waals surface area (Å²) in [6.45, 7) is 3.64. The van der Waals surface area contributed by atoms with Gasteiger partial charge in [0.05, 0.1) is 5.69 Å². The van der Waals surface area contributed by atoms with Crippen LogP contribution in [-0.4, -0.2) is 8.42 Å². The molecule has 1 aromatic carbocycles. The standard InChI is InChI=1S/C13H12N2O2S3/c1-9-6-11(19-8-14)7-10(2)13(9)15-20(16,17)12-4-3-5-18-12/h3-7,15H,1-2H3. The number of thiocyanates is 1. The molecule has 0 bridgehead atoms. The number of thiophene rings is 1. The number of nitrogens with one attached hydrogen (secondary N) is 1. The first-order chi connectivity index (χ1) is 9.44. The predicted molar refractivity (Wildman–Crippen MR) is 82.5 cm³/mol. The number of sulfonamides is 1. The lowest BCUT2D eigenvalue weighted by Gasteiger charge is -2.13. The summed E-state index contributed by atoms with van der Waals surface area (Å²) in [4.78, 5) is 0.807. The van der Waals surface area contributed by atoms with Crippen molar-refractivity contribution in [3.63, 3.8) is 0 Å². The van der Waals surface area contributed by atoms with Crippen molar-refractivity contribution in [3.8, 4) is 5.40 Å². The molecular formula is C13H12N2O2S3. The maximum Gasteiger partial charge on any atom is 0.271 e. The number of nitrogens with zero attached hydrogens (tertiary/aromatic N) is 1. The average Bonchev–Trinajstić information content (AvgIpc) is 2.89. The molecule has 4 nitrogen and oxygen atoms in total. The molecule has 0 saturated carbocycles. The van der Waals surface area contributed by atoms with Crippen LogP contribution in [0, 0.1) is 24.5 Å². The Morgan fingerprint density at radius 2 is 1.95 bits per heavy atom. The molecule has 20 heavy (non-hydrogen) atoms. The Labute approximate surface area is 126 Å². The van der Waals surface area contributed by atoms with Crippen LogP contribution in [0.4, 0.5) is 5.69 Å². The van der Waals surface area contributed by atoms with Crippen LogP contribution in [0.2, 0.25) is 0 Å². The van der Waals surface area contributed by atoms with E-state index in [2.05, 4.69) is 4.72 Å². The normalized spacial score (nSPS) is 11.1. The molecule has 1 heterocycles. The first kappa shape index (κ1) is 14.9. The fraction of sp³-hybridized carbons (Fsp3) is 0.154. The molecule has 0 aliphatic heterocycles. The predicted octanol–water partition coefficient (Wildman–Crippen LogP) is 3.74. The van der Waals surface area contributed by atoms with Crippen LogP contribution in [-0.2, 0) is 10.0 Å². The highest BCUT2D eigenvalue weighted by atomic mass is 32.2. The third kappa shape index (κ3) is 3.15. The second-order valence-electron chi connectivity index (χ2n) is 4.16. The Balaban J connectivity index is 2.38. The fourth-order valence-electron chi connectivity index (χ4n) is 1.80. The highest BCUT2D eigenvalue weighted by Gasteiger charge is 2.17. The van der Waals surface area contributed by atoms with E-state index in [1.165, 1.54) is 11.3 Å². The lowest BCUT2D eigenvalue weighted by molar-refractivity contribution is 0.603. The van der Waals surface area contributed by atoms with Crippen molar-refractivity contribution in [3.05, 3.63) is 40.8 Å². The van der Waals surface area contributed by atoms with Crippen LogP contribution in [0.15, 0.2) is 38.8 Å². The van der Waals surface area contributed by atoms with Crippen molar-refractivity contribution in [1.29, 1.82) is 5.26 Å². The highest BCUT2D eigenvalue weighted by Crippen LogP contribution is 2.29. The van der Waals surface area contributed by atoms with E-state index in [-0.39, 0.29) is 4.21 Å². The number of rotatable bonds is 4. The molecule has 0 atom stereocenters. The van der Waals surface area contributed by atoms with Crippen LogP contribution < -0.4 is 4.72 Å². The highest BCUT2D eigenvalue weighted by molar-refractivity contribution is 8.03. The second kappa shape index (κ2) is 5.87. The van der Waals surface area contributed by atoms with Gasteiger partial charge in [0, 0.05) is 4.90 Å². The molecule has 1 aromatic heterocycles. The molecular weight excluding hydrogens is 312 g/mol. The van der Waals surface area contributed by atoms with Gasteiger partial charge >= 0.3 is 0 Å². The van der Waals surface area contributed by atoms with Gasteiger partial charge in [-0.25, -0.2) is 8.42 Å². The maximum atomic E-state index is 12.2. The van der Waals surface area contributed by atoms with Gasteiger partial charge in [0.1, 0.15) is 9.61 Å². The summed E-state index contributed by atoms with van der Waals surface area (Å²) in [6, 6.07) is 6.86. The molecule has 0 saturated heterocycles. The Bertz CT molecular complexity index is 736. The fourth-order valence-corrected chi connectivity index (χ4v) is 4.57. The van der Waals surface area contributed by atoms with Crippen LogP contribution in [0.5, 0.6) is 0 Å². The largest absolute Gasteiger partial charge is 0.278 e. The van der Waals surface area contributed by atoms with Gasteiger partial charge in [0.25, 0.3) is 10.0 Å². The van der Waals surface area contributed by atoms with Gasteiger partial charge in [-0.1, -0.05) is 6.07 Å². The topological polar surface area (TPSA) is 70.0 Å². The van der Waals surface area contributed by atoms with E-state index >= 15 is 0 Å². The van der Waals surface area contributed by atoms with E-state index < -0.39 is 10.0 Å². The SMILES string of the molecule is Cc1cc(SC#N)cc(C)c1NS(=O)(=O)c1cccs1. The van der Waals surface area contributed by atoms with E-state index in [9.17, 15) is 8.42 Å². The minimum Gasteiger partial charge on any atom is -0.278 e. The number of hydrogen-bond acceptors (Lipinski definition) is 5. The van der Waals surface area contributed by atoms with Crippen molar-refractivity contribution in [2.24, 2.45) is 0 Å². The van der Waals surface area contributed by atoms with E-state index in [1.54, 1.807) is 29.6 Å². The van der Waals surface area contributed by atoms with Crippen molar-refractivity contribution >= 4 is 38.8 Å². The van der Waals surface area contributed by atoms with Gasteiger partial charge in [0.15, 0.2) is 0 Å². The third-order valence-electron chi connectivity index (χ3n) is 2.67. The third-order valence-corrected chi connectivity index (χ3v) is 5.98. The van der Waals surface area contributed by atoms with Crippen molar-refractivity contribution in [2.45, 2.75) is 23.0 Å². The Morgan fingerprint density at radius 3 is 2.45 bits per heavy atom. The first-order valence-corrected chi connectivity index (χ1v) is 8.85. The number of nitriles is 1. The molecule has 0 aliphatic carbocycles. The minimum absolute atomic E-state index is 0.284. The molecule has 0 radical (unpaired) electrons. The molecule has 0 amide bonds. The van der Waals surface area contributed by atoms with E-state index in [0.29, 0.717) is 5.69 Å². The Hall–Kier alpha value is -1.49. The summed E-state index contributed by atoms with van der Waals surface area (Å²) < 4.78 is 27.3. The zero-order chi connectivity index (χ0) is 14.8. The monoisotopic (exact) mass is 324 g/mol. The Morgan fingerprint density at radius 1 is 1.30 bits per heavy atom. The first-order valence-electron chi connectivity index (χ1n) is 5.67. The summed E-state index contributed by atoms with van der Waals surface area (Å²) in [5.41, 5.74) is 2.16. The molecule has 2 rings (SSSR count). The van der Waals surface area contributed by atoms with Gasteiger partial charge in [-0.3, -0.25) is 4.72 Å². The summed E-state index contributed by atoms with van der Waals surface area (Å²) in [7, 11) is -3.54. The quantitative estimate of drug-likeness (QED) is 0.687. The van der Waals surface area contributed by atoms with Crippen molar-refractivity contribution in [1.82, 2.24) is 0 Å². The summed E-state index contributed by atoms with van der Waals surface area (Å²) >= 11 is 2.23. The van der Waals surface area contributed by atoms with Crippen molar-refractivity contribution < 1.29 is 8.42 Å². The summed E-state index contributed by atoms with van der Waals surface area (Å²) in [5, 5.41) is 12.4. The zero-order valence-electron chi connectivity index (χ0n) is 10.9. The van der Waals surface area contributed by atoms with E-state index in [1.807, 2.05) is 19.2 Å². The summed E-state index contributed by atoms with van der Waals surface area (Å²) in [6.07, 6.45) is 0. The Kier molecular flexibility index (Phi) is 4.38. The van der Waals surface area contributed by atoms with Gasteiger partial charge in [0.2, 0.25) is 0 Å². The van der Waals surface area contributed by atoms with Gasteiger partial charge in [-0.2, -0.15) is 5.26 Å². The van der Waals surface area contributed by atoms with Crippen LogP contribution in [0.3, 0.4) is 0 Å². The second-order valence-corrected chi connectivity index (χ2v) is 7.88. The molecule has 0 spiro atoms. The molecule has 2 aromatic rings. The molecule has 104 valence electrons. The van der Waals surface area contributed by atoms with E-state index in [0.717, 1.165) is 27.8 Å². The van der Waals surface area contributed by atoms with Crippen molar-refractivity contribution in [2.75, 3.05) is 4.72 Å². The number of aryl methyl sites for hydroxylation is 2. The van der Waals surface area contributed by atoms with E-state index in [4.69, 9.17) is 5.26 Å². The molecule has 7 heteroatoms. The lowest BCUT2D eigenvalue weighted by atomic mass is 10.1. The maximum absolute atomic E-state index is 12.2. The number of benzene rings is 1. The molecule has 0 fully saturated rings. The molecule has 0 aliphatic rings. The number of hydrogen-bond donors (Lipinski definition) is 1. The molecule has 1 N–H and O–H groups in total. The van der Waals surface area contributed by atoms with Crippen LogP contribution >= 0.6 is 23.1 Å². The number of anilines is 1. The lowest BCUT2D eigenvalue weighted by Crippen LogP contribution is -2.13. The summed E-state index contributed by atoms with van der Waals surface area (Å²) in [5.74, 6) is 0. The van der Waals surface area contributed by atoms with Gasteiger partial charge in [-0.05, 0) is 60.3 Å². The van der Waals surface area contributed by atoms with Crippen LogP contribution in [0.25, 0.3) is 0 Å². The smallest absolute Gasteiger partial charge is 0.271 e. The zero-order valence-corrected chi connectivity index (χ0v) is 13.3. The molecule has 0 unspecified atom stereocenters. The average molecular weight is 324 g/mol. The number of thioether (sulfide) groups is 1. The van der Waals surface area contributed by atoms with Gasteiger partial charge in [-0.15, -0.1) is 11.3 Å².